The van der Waals surface area contributed by atoms with Crippen LogP contribution in [0.5, 0.6) is 11.5 Å². The smallest absolute Gasteiger partial charge is 0.206 e. The molecule has 0 radical (unpaired) electrons. The van der Waals surface area contributed by atoms with E-state index in [2.05, 4.69) is 5.10 Å². The zero-order valence-corrected chi connectivity index (χ0v) is 16.7. The number of ether oxygens (including phenoxy) is 2. The third-order valence-electron chi connectivity index (χ3n) is 4.22. The van der Waals surface area contributed by atoms with Crippen molar-refractivity contribution in [2.45, 2.75) is 13.5 Å². The van der Waals surface area contributed by atoms with Crippen LogP contribution in [-0.4, -0.2) is 22.7 Å². The Hall–Kier alpha value is -3.05. The number of halogens is 1. The molecule has 0 aliphatic rings. The predicted octanol–water partition coefficient (Wildman–Crippen LogP) is 4.87. The minimum Gasteiger partial charge on any atom is -0.496 e. The van der Waals surface area contributed by atoms with Gasteiger partial charge in [0.15, 0.2) is 0 Å². The van der Waals surface area contributed by atoms with Crippen LogP contribution in [0.2, 0.25) is 5.02 Å². The van der Waals surface area contributed by atoms with Crippen molar-refractivity contribution >= 4 is 23.5 Å². The molecule has 0 aliphatic carbocycles. The van der Waals surface area contributed by atoms with E-state index in [-0.39, 0.29) is 5.78 Å². The van der Waals surface area contributed by atoms with Gasteiger partial charge in [-0.15, -0.1) is 0 Å². The highest BCUT2D eigenvalue weighted by Gasteiger charge is 2.08. The molecule has 0 unspecified atom stereocenters. The molecule has 0 amide bonds. The average molecular weight is 397 g/mol. The monoisotopic (exact) mass is 396 g/mol. The maximum absolute atomic E-state index is 12.2. The van der Waals surface area contributed by atoms with Crippen molar-refractivity contribution in [3.63, 3.8) is 0 Å². The molecule has 2 aromatic carbocycles. The highest BCUT2D eigenvalue weighted by Crippen LogP contribution is 2.25. The molecule has 3 rings (SSSR count). The zero-order chi connectivity index (χ0) is 20.1. The number of nitrogens with zero attached hydrogens (tertiary/aromatic N) is 2. The summed E-state index contributed by atoms with van der Waals surface area (Å²) in [5, 5.41) is 4.81. The molecule has 0 saturated heterocycles. The number of ketones is 1. The summed E-state index contributed by atoms with van der Waals surface area (Å²) in [5.74, 6) is 1.31. The maximum atomic E-state index is 12.2. The van der Waals surface area contributed by atoms with E-state index >= 15 is 0 Å². The van der Waals surface area contributed by atoms with E-state index < -0.39 is 0 Å². The number of rotatable bonds is 7. The molecule has 28 heavy (non-hydrogen) atoms. The van der Waals surface area contributed by atoms with Crippen molar-refractivity contribution in [2.24, 2.45) is 7.05 Å². The molecule has 0 bridgehead atoms. The third-order valence-corrected chi connectivity index (χ3v) is 4.65. The number of benzene rings is 2. The number of aromatic nitrogens is 2. The largest absolute Gasteiger partial charge is 0.496 e. The fourth-order valence-electron chi connectivity index (χ4n) is 2.69. The highest BCUT2D eigenvalue weighted by molar-refractivity contribution is 6.31. The lowest BCUT2D eigenvalue weighted by Gasteiger charge is -2.12. The number of hydrogen-bond donors (Lipinski definition) is 0. The van der Waals surface area contributed by atoms with Crippen LogP contribution in [0.3, 0.4) is 0 Å². The van der Waals surface area contributed by atoms with Crippen LogP contribution in [0.4, 0.5) is 0 Å². The van der Waals surface area contributed by atoms with Crippen LogP contribution >= 0.6 is 11.6 Å². The Morgan fingerprint density at radius 3 is 2.71 bits per heavy atom. The van der Waals surface area contributed by atoms with Gasteiger partial charge in [-0.2, -0.15) is 5.10 Å². The number of aryl methyl sites for hydroxylation is 2. The van der Waals surface area contributed by atoms with E-state index in [0.717, 1.165) is 28.2 Å². The first-order chi connectivity index (χ1) is 13.5. The molecule has 3 aromatic rings. The van der Waals surface area contributed by atoms with Crippen LogP contribution in [0.1, 0.15) is 27.2 Å². The summed E-state index contributed by atoms with van der Waals surface area (Å²) < 4.78 is 12.9. The molecule has 1 aromatic heterocycles. The molecular weight excluding hydrogens is 376 g/mol. The number of carbonyl (C=O) groups is 1. The number of methoxy groups -OCH3 is 1. The fourth-order valence-corrected chi connectivity index (χ4v) is 2.80. The molecule has 6 heteroatoms. The molecule has 0 atom stereocenters. The van der Waals surface area contributed by atoms with Gasteiger partial charge in [-0.05, 0) is 60.5 Å². The van der Waals surface area contributed by atoms with Crippen molar-refractivity contribution in [1.82, 2.24) is 9.78 Å². The summed E-state index contributed by atoms with van der Waals surface area (Å²) in [6.07, 6.45) is 5.01. The molecule has 0 saturated carbocycles. The summed E-state index contributed by atoms with van der Waals surface area (Å²) in [4.78, 5) is 12.2. The van der Waals surface area contributed by atoms with E-state index in [1.807, 2.05) is 43.3 Å². The van der Waals surface area contributed by atoms with E-state index in [4.69, 9.17) is 21.1 Å². The lowest BCUT2D eigenvalue weighted by atomic mass is 10.1. The second-order valence-electron chi connectivity index (χ2n) is 6.34. The number of hydrogen-bond acceptors (Lipinski definition) is 4. The van der Waals surface area contributed by atoms with Gasteiger partial charge in [0.2, 0.25) is 5.78 Å². The summed E-state index contributed by atoms with van der Waals surface area (Å²) in [6.45, 7) is 2.26. The molecule has 0 N–H and O–H groups in total. The van der Waals surface area contributed by atoms with E-state index in [9.17, 15) is 4.79 Å². The minimum atomic E-state index is -0.147. The van der Waals surface area contributed by atoms with Gasteiger partial charge in [0.1, 0.15) is 23.8 Å². The lowest BCUT2D eigenvalue weighted by molar-refractivity contribution is 0.104. The van der Waals surface area contributed by atoms with Crippen molar-refractivity contribution in [3.05, 3.63) is 82.1 Å². The first kappa shape index (κ1) is 19.7. The summed E-state index contributed by atoms with van der Waals surface area (Å²) >= 11 is 6.06. The molecule has 1 heterocycles. The lowest BCUT2D eigenvalue weighted by Crippen LogP contribution is -2.00. The van der Waals surface area contributed by atoms with Gasteiger partial charge in [0, 0.05) is 23.8 Å². The second kappa shape index (κ2) is 8.76. The topological polar surface area (TPSA) is 53.4 Å². The van der Waals surface area contributed by atoms with E-state index in [1.165, 1.54) is 6.08 Å². The number of carbonyl (C=O) groups excluding carboxylic acids is 1. The Morgan fingerprint density at radius 2 is 2.04 bits per heavy atom. The second-order valence-corrected chi connectivity index (χ2v) is 6.75. The summed E-state index contributed by atoms with van der Waals surface area (Å²) in [5.41, 5.74) is 3.11. The normalized spacial score (nSPS) is 11.0. The molecule has 144 valence electrons. The molecule has 0 fully saturated rings. The third kappa shape index (κ3) is 4.81. The van der Waals surface area contributed by atoms with Gasteiger partial charge in [0.25, 0.3) is 0 Å². The molecule has 0 aliphatic heterocycles. The quantitative estimate of drug-likeness (QED) is 0.422. The molecular formula is C22H21ClN2O3. The Morgan fingerprint density at radius 1 is 1.21 bits per heavy atom. The first-order valence-corrected chi connectivity index (χ1v) is 9.12. The Balaban J connectivity index is 1.74. The van der Waals surface area contributed by atoms with Gasteiger partial charge in [-0.3, -0.25) is 9.48 Å². The predicted molar refractivity (Wildman–Crippen MR) is 110 cm³/mol. The van der Waals surface area contributed by atoms with Crippen LogP contribution < -0.4 is 9.47 Å². The van der Waals surface area contributed by atoms with Crippen LogP contribution in [0.25, 0.3) is 6.08 Å². The Kier molecular flexibility index (Phi) is 6.16. The SMILES string of the molecule is COc1ccc(/C=C/C(=O)c2ccn(C)n2)cc1COc1ccc(Cl)c(C)c1. The first-order valence-electron chi connectivity index (χ1n) is 8.74. The molecule has 0 spiro atoms. The average Bonchev–Trinajstić information content (AvgIpc) is 3.13. The van der Waals surface area contributed by atoms with Crippen molar-refractivity contribution in [3.8, 4) is 11.5 Å². The van der Waals surface area contributed by atoms with Gasteiger partial charge in [-0.1, -0.05) is 23.7 Å². The van der Waals surface area contributed by atoms with Crippen LogP contribution in [0.15, 0.2) is 54.7 Å². The number of allylic oxidation sites excluding steroid dienone is 1. The van der Waals surface area contributed by atoms with Gasteiger partial charge < -0.3 is 9.47 Å². The Labute approximate surface area is 169 Å². The highest BCUT2D eigenvalue weighted by atomic mass is 35.5. The van der Waals surface area contributed by atoms with Crippen molar-refractivity contribution in [2.75, 3.05) is 7.11 Å². The van der Waals surface area contributed by atoms with Gasteiger partial charge >= 0.3 is 0 Å². The van der Waals surface area contributed by atoms with Crippen molar-refractivity contribution in [1.29, 1.82) is 0 Å². The van der Waals surface area contributed by atoms with Gasteiger partial charge in [0.05, 0.1) is 7.11 Å². The van der Waals surface area contributed by atoms with E-state index in [0.29, 0.717) is 17.3 Å². The maximum Gasteiger partial charge on any atom is 0.206 e. The minimum absolute atomic E-state index is 0.147. The van der Waals surface area contributed by atoms with Crippen LogP contribution in [0, 0.1) is 6.92 Å². The summed E-state index contributed by atoms with van der Waals surface area (Å²) in [7, 11) is 3.39. The zero-order valence-electron chi connectivity index (χ0n) is 16.0. The van der Waals surface area contributed by atoms with Gasteiger partial charge in [-0.25, -0.2) is 0 Å². The fraction of sp³-hybridized carbons (Fsp3) is 0.182. The van der Waals surface area contributed by atoms with E-state index in [1.54, 1.807) is 37.2 Å². The van der Waals surface area contributed by atoms with Crippen LogP contribution in [-0.2, 0) is 13.7 Å². The standard InChI is InChI=1S/C22H21ClN2O3/c1-15-12-18(6-7-19(15)23)28-14-17-13-16(5-9-22(17)27-3)4-8-21(26)20-10-11-25(2)24-20/h4-13H,14H2,1-3H3/b8-4+. The Bertz CT molecular complexity index is 1020. The van der Waals surface area contributed by atoms with Crippen molar-refractivity contribution < 1.29 is 14.3 Å². The summed E-state index contributed by atoms with van der Waals surface area (Å²) in [6, 6.07) is 12.9. The molecule has 5 nitrogen and oxygen atoms in total.